The highest BCUT2D eigenvalue weighted by Gasteiger charge is 2.21. The van der Waals surface area contributed by atoms with Gasteiger partial charge in [0.2, 0.25) is 0 Å². The molecule has 20 heavy (non-hydrogen) atoms. The van der Waals surface area contributed by atoms with Crippen LogP contribution in [0, 0.1) is 12.7 Å². The van der Waals surface area contributed by atoms with Gasteiger partial charge in [0.25, 0.3) is 0 Å². The van der Waals surface area contributed by atoms with Crippen LogP contribution >= 0.6 is 0 Å². The molecule has 0 amide bonds. The fourth-order valence-corrected chi connectivity index (χ4v) is 2.35. The summed E-state index contributed by atoms with van der Waals surface area (Å²) < 4.78 is 16.2. The van der Waals surface area contributed by atoms with Crippen molar-refractivity contribution in [1.29, 1.82) is 0 Å². The van der Waals surface area contributed by atoms with Crippen molar-refractivity contribution >= 4 is 0 Å². The summed E-state index contributed by atoms with van der Waals surface area (Å²) in [6.45, 7) is 11.0. The third-order valence-electron chi connectivity index (χ3n) is 3.48. The topological polar surface area (TPSA) is 17.8 Å². The molecule has 1 heterocycles. The molecule has 2 rings (SSSR count). The quantitative estimate of drug-likeness (QED) is 0.793. The van der Waals surface area contributed by atoms with E-state index in [1.165, 1.54) is 0 Å². The van der Waals surface area contributed by atoms with E-state index >= 15 is 0 Å². The molecular formula is C17H23FN2. The van der Waals surface area contributed by atoms with Crippen LogP contribution in [0.15, 0.2) is 24.5 Å². The van der Waals surface area contributed by atoms with Crippen LogP contribution in [0.2, 0.25) is 0 Å². The number of halogens is 1. The van der Waals surface area contributed by atoms with Gasteiger partial charge in [-0.05, 0) is 47.6 Å². The first-order chi connectivity index (χ1) is 9.32. The van der Waals surface area contributed by atoms with Gasteiger partial charge in [-0.25, -0.2) is 4.39 Å². The SMILES string of the molecule is CCCn1cc(-c2cc(C)c(F)c(C(C)(C)C)c2)cn1. The Hall–Kier alpha value is -1.64. The number of aryl methyl sites for hydroxylation is 2. The Bertz CT molecular complexity index is 606. The van der Waals surface area contributed by atoms with Gasteiger partial charge in [-0.1, -0.05) is 27.7 Å². The molecule has 0 aliphatic rings. The maximum Gasteiger partial charge on any atom is 0.129 e. The summed E-state index contributed by atoms with van der Waals surface area (Å²) in [6, 6.07) is 3.85. The Kier molecular flexibility index (Phi) is 3.98. The Morgan fingerprint density at radius 1 is 1.20 bits per heavy atom. The average Bonchev–Trinajstić information content (AvgIpc) is 2.80. The lowest BCUT2D eigenvalue weighted by molar-refractivity contribution is 0.519. The first kappa shape index (κ1) is 14.8. The van der Waals surface area contributed by atoms with Gasteiger partial charge in [-0.15, -0.1) is 0 Å². The van der Waals surface area contributed by atoms with Gasteiger partial charge >= 0.3 is 0 Å². The van der Waals surface area contributed by atoms with Gasteiger partial charge in [0.15, 0.2) is 0 Å². The van der Waals surface area contributed by atoms with Crippen molar-refractivity contribution in [3.05, 3.63) is 41.5 Å². The third-order valence-corrected chi connectivity index (χ3v) is 3.48. The maximum atomic E-state index is 14.3. The second-order valence-corrected chi connectivity index (χ2v) is 6.40. The number of aromatic nitrogens is 2. The number of nitrogens with zero attached hydrogens (tertiary/aromatic N) is 2. The normalized spacial score (nSPS) is 11.9. The Balaban J connectivity index is 2.49. The molecule has 0 saturated heterocycles. The van der Waals surface area contributed by atoms with E-state index in [0.717, 1.165) is 29.7 Å². The van der Waals surface area contributed by atoms with Crippen molar-refractivity contribution in [2.24, 2.45) is 0 Å². The molecule has 0 radical (unpaired) electrons. The highest BCUT2D eigenvalue weighted by atomic mass is 19.1. The summed E-state index contributed by atoms with van der Waals surface area (Å²) in [4.78, 5) is 0. The van der Waals surface area contributed by atoms with Crippen LogP contribution in [0.4, 0.5) is 4.39 Å². The van der Waals surface area contributed by atoms with Gasteiger partial charge in [0.05, 0.1) is 6.20 Å². The smallest absolute Gasteiger partial charge is 0.129 e. The number of benzene rings is 1. The molecule has 1 aromatic carbocycles. The molecule has 2 nitrogen and oxygen atoms in total. The molecular weight excluding hydrogens is 251 g/mol. The molecule has 0 N–H and O–H groups in total. The molecule has 0 aliphatic carbocycles. The fraction of sp³-hybridized carbons (Fsp3) is 0.471. The third kappa shape index (κ3) is 2.92. The zero-order valence-corrected chi connectivity index (χ0v) is 13.0. The highest BCUT2D eigenvalue weighted by molar-refractivity contribution is 5.64. The molecule has 1 aromatic heterocycles. The zero-order chi connectivity index (χ0) is 14.9. The Labute approximate surface area is 120 Å². The van der Waals surface area contributed by atoms with Crippen LogP contribution in [0.3, 0.4) is 0 Å². The minimum Gasteiger partial charge on any atom is -0.272 e. The Morgan fingerprint density at radius 2 is 1.90 bits per heavy atom. The standard InChI is InChI=1S/C17H23FN2/c1-6-7-20-11-14(10-19-20)13-8-12(2)16(18)15(9-13)17(3,4)5/h8-11H,6-7H2,1-5H3. The summed E-state index contributed by atoms with van der Waals surface area (Å²) in [7, 11) is 0. The summed E-state index contributed by atoms with van der Waals surface area (Å²) in [5.74, 6) is -0.0952. The number of hydrogen-bond donors (Lipinski definition) is 0. The Morgan fingerprint density at radius 3 is 2.50 bits per heavy atom. The fourth-order valence-electron chi connectivity index (χ4n) is 2.35. The van der Waals surface area contributed by atoms with Crippen LogP contribution in [-0.4, -0.2) is 9.78 Å². The molecule has 0 bridgehead atoms. The first-order valence-corrected chi connectivity index (χ1v) is 7.16. The van der Waals surface area contributed by atoms with Crippen molar-refractivity contribution in [1.82, 2.24) is 9.78 Å². The molecule has 108 valence electrons. The van der Waals surface area contributed by atoms with Crippen LogP contribution in [0.1, 0.15) is 45.2 Å². The number of rotatable bonds is 3. The molecule has 0 fully saturated rings. The summed E-state index contributed by atoms with van der Waals surface area (Å²) >= 11 is 0. The van der Waals surface area contributed by atoms with E-state index in [2.05, 4.69) is 12.0 Å². The van der Waals surface area contributed by atoms with Gasteiger partial charge < -0.3 is 0 Å². The lowest BCUT2D eigenvalue weighted by atomic mass is 9.84. The van der Waals surface area contributed by atoms with Crippen molar-refractivity contribution in [2.75, 3.05) is 0 Å². The monoisotopic (exact) mass is 274 g/mol. The first-order valence-electron chi connectivity index (χ1n) is 7.16. The molecule has 0 atom stereocenters. The predicted molar refractivity (Wildman–Crippen MR) is 81.3 cm³/mol. The van der Waals surface area contributed by atoms with E-state index in [9.17, 15) is 4.39 Å². The molecule has 2 aromatic rings. The van der Waals surface area contributed by atoms with Gasteiger partial charge in [-0.3, -0.25) is 4.68 Å². The van der Waals surface area contributed by atoms with Gasteiger partial charge in [0, 0.05) is 18.3 Å². The highest BCUT2D eigenvalue weighted by Crippen LogP contribution is 2.31. The van der Waals surface area contributed by atoms with Crippen LogP contribution in [-0.2, 0) is 12.0 Å². The van der Waals surface area contributed by atoms with E-state index < -0.39 is 0 Å². The summed E-state index contributed by atoms with van der Waals surface area (Å²) in [5, 5.41) is 4.35. The van der Waals surface area contributed by atoms with Crippen molar-refractivity contribution in [3.63, 3.8) is 0 Å². The van der Waals surface area contributed by atoms with Crippen LogP contribution in [0.25, 0.3) is 11.1 Å². The summed E-state index contributed by atoms with van der Waals surface area (Å²) in [6.07, 6.45) is 4.94. The molecule has 0 saturated carbocycles. The molecule has 0 spiro atoms. The molecule has 0 unspecified atom stereocenters. The number of hydrogen-bond acceptors (Lipinski definition) is 1. The van der Waals surface area contributed by atoms with Crippen molar-refractivity contribution < 1.29 is 4.39 Å². The van der Waals surface area contributed by atoms with Crippen molar-refractivity contribution in [3.8, 4) is 11.1 Å². The second kappa shape index (κ2) is 5.39. The van der Waals surface area contributed by atoms with E-state index in [0.29, 0.717) is 5.56 Å². The zero-order valence-electron chi connectivity index (χ0n) is 13.0. The van der Waals surface area contributed by atoms with Crippen LogP contribution < -0.4 is 0 Å². The van der Waals surface area contributed by atoms with Gasteiger partial charge in [0.1, 0.15) is 5.82 Å². The predicted octanol–water partition coefficient (Wildman–Crippen LogP) is 4.71. The molecule has 3 heteroatoms. The van der Waals surface area contributed by atoms with E-state index in [-0.39, 0.29) is 11.2 Å². The second-order valence-electron chi connectivity index (χ2n) is 6.40. The lowest BCUT2D eigenvalue weighted by Gasteiger charge is -2.21. The van der Waals surface area contributed by atoms with E-state index in [1.54, 1.807) is 0 Å². The van der Waals surface area contributed by atoms with E-state index in [4.69, 9.17) is 0 Å². The average molecular weight is 274 g/mol. The van der Waals surface area contributed by atoms with Gasteiger partial charge in [-0.2, -0.15) is 5.10 Å². The summed E-state index contributed by atoms with van der Waals surface area (Å²) in [5.41, 5.74) is 3.33. The minimum atomic E-state index is -0.204. The molecule has 0 aliphatic heterocycles. The largest absolute Gasteiger partial charge is 0.272 e. The van der Waals surface area contributed by atoms with E-state index in [1.807, 2.05) is 56.9 Å². The lowest BCUT2D eigenvalue weighted by Crippen LogP contribution is -2.14. The minimum absolute atomic E-state index is 0.0952. The van der Waals surface area contributed by atoms with Crippen LogP contribution in [0.5, 0.6) is 0 Å². The maximum absolute atomic E-state index is 14.3. The van der Waals surface area contributed by atoms with Crippen molar-refractivity contribution in [2.45, 2.75) is 53.0 Å².